The van der Waals surface area contributed by atoms with E-state index in [1.165, 1.54) is 12.3 Å². The highest BCUT2D eigenvalue weighted by molar-refractivity contribution is 5.85. The zero-order valence-corrected chi connectivity index (χ0v) is 13.6. The lowest BCUT2D eigenvalue weighted by Crippen LogP contribution is -2.23. The van der Waals surface area contributed by atoms with Crippen molar-refractivity contribution in [2.75, 3.05) is 0 Å². The highest BCUT2D eigenvalue weighted by Gasteiger charge is 2.27. The molecular formula is C18H15FN4O2. The minimum absolute atomic E-state index is 0.0221. The van der Waals surface area contributed by atoms with E-state index in [-0.39, 0.29) is 5.69 Å². The molecule has 3 aromatic rings. The fourth-order valence-corrected chi connectivity index (χ4v) is 2.40. The molecule has 0 saturated carbocycles. The maximum atomic E-state index is 12.9. The van der Waals surface area contributed by atoms with Gasteiger partial charge >= 0.3 is 5.97 Å². The minimum Gasteiger partial charge on any atom is -0.477 e. The molecule has 0 atom stereocenters. The second kappa shape index (κ2) is 6.35. The Balaban J connectivity index is 2.03. The topological polar surface area (TPSA) is 88.9 Å². The number of pyridine rings is 2. The lowest BCUT2D eigenvalue weighted by atomic mass is 9.84. The Kier molecular flexibility index (Phi) is 4.22. The quantitative estimate of drug-likeness (QED) is 0.786. The van der Waals surface area contributed by atoms with Crippen molar-refractivity contribution in [1.29, 1.82) is 0 Å². The van der Waals surface area contributed by atoms with Gasteiger partial charge in [0.15, 0.2) is 0 Å². The van der Waals surface area contributed by atoms with Crippen LogP contribution < -0.4 is 0 Å². The predicted octanol–water partition coefficient (Wildman–Crippen LogP) is 3.10. The van der Waals surface area contributed by atoms with Crippen molar-refractivity contribution in [1.82, 2.24) is 19.9 Å². The Morgan fingerprint density at radius 2 is 1.64 bits per heavy atom. The van der Waals surface area contributed by atoms with Crippen molar-refractivity contribution in [3.63, 3.8) is 0 Å². The molecule has 0 aliphatic rings. The van der Waals surface area contributed by atoms with Gasteiger partial charge in [-0.3, -0.25) is 4.98 Å². The van der Waals surface area contributed by atoms with E-state index in [9.17, 15) is 9.18 Å². The van der Waals surface area contributed by atoms with Gasteiger partial charge in [-0.2, -0.15) is 4.39 Å². The largest absolute Gasteiger partial charge is 0.477 e. The molecule has 0 aliphatic heterocycles. The maximum absolute atomic E-state index is 12.9. The van der Waals surface area contributed by atoms with Crippen LogP contribution in [0.4, 0.5) is 4.39 Å². The first-order valence-electron chi connectivity index (χ1n) is 7.54. The van der Waals surface area contributed by atoms with Gasteiger partial charge in [0.1, 0.15) is 11.4 Å². The number of hydrogen-bond acceptors (Lipinski definition) is 5. The van der Waals surface area contributed by atoms with Gasteiger partial charge in [0.2, 0.25) is 5.95 Å². The van der Waals surface area contributed by atoms with E-state index < -0.39 is 17.3 Å². The molecule has 3 aromatic heterocycles. The summed E-state index contributed by atoms with van der Waals surface area (Å²) in [6.07, 6.45) is 2.35. The highest BCUT2D eigenvalue weighted by atomic mass is 19.1. The fourth-order valence-electron chi connectivity index (χ4n) is 2.40. The molecule has 0 bridgehead atoms. The molecule has 0 amide bonds. The Morgan fingerprint density at radius 3 is 2.28 bits per heavy atom. The summed E-state index contributed by atoms with van der Waals surface area (Å²) in [6, 6.07) is 10.3. The number of carboxylic acid groups (broad SMARTS) is 1. The molecule has 1 N–H and O–H groups in total. The van der Waals surface area contributed by atoms with Crippen molar-refractivity contribution in [2.45, 2.75) is 19.3 Å². The third-order valence-electron chi connectivity index (χ3n) is 3.88. The lowest BCUT2D eigenvalue weighted by molar-refractivity contribution is 0.0690. The Labute approximate surface area is 143 Å². The van der Waals surface area contributed by atoms with Crippen LogP contribution in [-0.2, 0) is 5.41 Å². The Morgan fingerprint density at radius 1 is 0.960 bits per heavy atom. The van der Waals surface area contributed by atoms with E-state index >= 15 is 0 Å². The van der Waals surface area contributed by atoms with Crippen LogP contribution in [0.1, 0.15) is 35.7 Å². The van der Waals surface area contributed by atoms with Crippen molar-refractivity contribution in [3.05, 3.63) is 71.8 Å². The summed E-state index contributed by atoms with van der Waals surface area (Å²) >= 11 is 0. The molecule has 3 rings (SSSR count). The first-order valence-corrected chi connectivity index (χ1v) is 7.54. The number of halogens is 1. The Hall–Kier alpha value is -3.22. The Bertz CT molecular complexity index is 926. The minimum atomic E-state index is -1.08. The average Bonchev–Trinajstić information content (AvgIpc) is 2.62. The van der Waals surface area contributed by atoms with Crippen LogP contribution in [0.3, 0.4) is 0 Å². The zero-order valence-electron chi connectivity index (χ0n) is 13.6. The summed E-state index contributed by atoms with van der Waals surface area (Å²) < 4.78 is 12.9. The lowest BCUT2D eigenvalue weighted by Gasteiger charge is -2.24. The molecule has 0 unspecified atom stereocenters. The molecule has 0 radical (unpaired) electrons. The normalized spacial score (nSPS) is 11.3. The van der Waals surface area contributed by atoms with Crippen molar-refractivity contribution in [3.8, 4) is 11.4 Å². The van der Waals surface area contributed by atoms with Crippen LogP contribution in [0, 0.1) is 5.95 Å². The molecule has 0 fully saturated rings. The fraction of sp³-hybridized carbons (Fsp3) is 0.167. The third-order valence-corrected chi connectivity index (χ3v) is 3.88. The molecule has 0 aliphatic carbocycles. The van der Waals surface area contributed by atoms with Crippen LogP contribution in [-0.4, -0.2) is 31.0 Å². The first-order chi connectivity index (χ1) is 11.9. The van der Waals surface area contributed by atoms with Gasteiger partial charge in [-0.1, -0.05) is 12.1 Å². The summed E-state index contributed by atoms with van der Waals surface area (Å²) in [6.45, 7) is 3.81. The second-order valence-electron chi connectivity index (χ2n) is 5.97. The molecule has 126 valence electrons. The van der Waals surface area contributed by atoms with Gasteiger partial charge in [-0.15, -0.1) is 0 Å². The van der Waals surface area contributed by atoms with E-state index in [1.807, 2.05) is 26.0 Å². The maximum Gasteiger partial charge on any atom is 0.354 e. The average molecular weight is 338 g/mol. The number of aromatic nitrogens is 4. The molecule has 7 heteroatoms. The summed E-state index contributed by atoms with van der Waals surface area (Å²) in [4.78, 5) is 27.5. The van der Waals surface area contributed by atoms with Crippen LogP contribution in [0.25, 0.3) is 11.4 Å². The van der Waals surface area contributed by atoms with Crippen LogP contribution in [0.2, 0.25) is 0 Å². The number of nitrogens with zero attached hydrogens (tertiary/aromatic N) is 4. The molecule has 6 nitrogen and oxygen atoms in total. The molecular weight excluding hydrogens is 323 g/mol. The van der Waals surface area contributed by atoms with Crippen LogP contribution in [0.15, 0.2) is 48.8 Å². The van der Waals surface area contributed by atoms with Gasteiger partial charge in [0, 0.05) is 5.41 Å². The van der Waals surface area contributed by atoms with Gasteiger partial charge in [-0.05, 0) is 38.1 Å². The first kappa shape index (κ1) is 16.6. The molecule has 0 saturated heterocycles. The standard InChI is InChI=1S/C18H15FN4O2/c1-18(2,15-8-4-6-12(23-15)17(24)25)14-7-3-5-11(22-14)13-9-21-16(19)10-20-13/h3-10H,1-2H3,(H,24,25). The number of carboxylic acids is 1. The summed E-state index contributed by atoms with van der Waals surface area (Å²) in [7, 11) is 0. The van der Waals surface area contributed by atoms with E-state index in [0.29, 0.717) is 22.8 Å². The number of hydrogen-bond donors (Lipinski definition) is 1. The molecule has 3 heterocycles. The summed E-state index contributed by atoms with van der Waals surface area (Å²) in [5.74, 6) is -1.74. The number of rotatable bonds is 4. The van der Waals surface area contributed by atoms with Gasteiger partial charge in [0.25, 0.3) is 0 Å². The van der Waals surface area contributed by atoms with E-state index in [0.717, 1.165) is 6.20 Å². The summed E-state index contributed by atoms with van der Waals surface area (Å²) in [5.41, 5.74) is 1.62. The SMILES string of the molecule is CC(C)(c1cccc(C(=O)O)n1)c1cccc(-c2cnc(F)cn2)n1. The number of carbonyl (C=O) groups is 1. The van der Waals surface area contributed by atoms with Gasteiger partial charge < -0.3 is 5.11 Å². The van der Waals surface area contributed by atoms with Crippen LogP contribution >= 0.6 is 0 Å². The molecule has 0 spiro atoms. The van der Waals surface area contributed by atoms with Gasteiger partial charge in [-0.25, -0.2) is 19.7 Å². The van der Waals surface area contributed by atoms with E-state index in [1.54, 1.807) is 18.2 Å². The highest BCUT2D eigenvalue weighted by Crippen LogP contribution is 2.30. The molecule has 25 heavy (non-hydrogen) atoms. The van der Waals surface area contributed by atoms with Crippen molar-refractivity contribution >= 4 is 5.97 Å². The van der Waals surface area contributed by atoms with Gasteiger partial charge in [0.05, 0.1) is 29.5 Å². The summed E-state index contributed by atoms with van der Waals surface area (Å²) in [5, 5.41) is 9.14. The number of aromatic carboxylic acids is 1. The van der Waals surface area contributed by atoms with Crippen molar-refractivity contribution < 1.29 is 14.3 Å². The van der Waals surface area contributed by atoms with Crippen LogP contribution in [0.5, 0.6) is 0 Å². The van der Waals surface area contributed by atoms with E-state index in [4.69, 9.17) is 5.11 Å². The molecule has 0 aromatic carbocycles. The zero-order chi connectivity index (χ0) is 18.0. The van der Waals surface area contributed by atoms with E-state index in [2.05, 4.69) is 19.9 Å². The third kappa shape index (κ3) is 3.35. The smallest absolute Gasteiger partial charge is 0.354 e. The second-order valence-corrected chi connectivity index (χ2v) is 5.97. The predicted molar refractivity (Wildman–Crippen MR) is 88.5 cm³/mol. The van der Waals surface area contributed by atoms with Crippen molar-refractivity contribution in [2.24, 2.45) is 0 Å². The monoisotopic (exact) mass is 338 g/mol.